The van der Waals surface area contributed by atoms with Gasteiger partial charge in [0.25, 0.3) is 0 Å². The first-order chi connectivity index (χ1) is 10.5. The van der Waals surface area contributed by atoms with Crippen LogP contribution in [0.15, 0.2) is 27.8 Å². The summed E-state index contributed by atoms with van der Waals surface area (Å²) in [5.41, 5.74) is 3.38. The maximum atomic E-state index is 5.19. The molecule has 0 atom stereocenters. The van der Waals surface area contributed by atoms with E-state index >= 15 is 0 Å². The number of nitrogens with one attached hydrogen (secondary N) is 1. The van der Waals surface area contributed by atoms with Crippen molar-refractivity contribution in [1.29, 1.82) is 0 Å². The number of hydrogen-bond acceptors (Lipinski definition) is 3. The molecule has 0 spiro atoms. The third kappa shape index (κ3) is 4.98. The average molecular weight is 431 g/mol. The van der Waals surface area contributed by atoms with Gasteiger partial charge in [-0.2, -0.15) is 0 Å². The van der Waals surface area contributed by atoms with E-state index in [-0.39, 0.29) is 24.0 Å². The number of aryl methyl sites for hydroxylation is 3. The van der Waals surface area contributed by atoms with Gasteiger partial charge in [0.05, 0.1) is 12.2 Å². The van der Waals surface area contributed by atoms with Crippen LogP contribution in [0.25, 0.3) is 0 Å². The highest BCUT2D eigenvalue weighted by molar-refractivity contribution is 14.0. The molecule has 0 saturated carbocycles. The summed E-state index contributed by atoms with van der Waals surface area (Å²) in [6.45, 7) is 5.54. The van der Waals surface area contributed by atoms with Crippen LogP contribution in [0.2, 0.25) is 0 Å². The lowest BCUT2D eigenvalue weighted by molar-refractivity contribution is 0.392. The highest BCUT2D eigenvalue weighted by atomic mass is 127. The van der Waals surface area contributed by atoms with Gasteiger partial charge in [-0.15, -0.1) is 24.0 Å². The van der Waals surface area contributed by atoms with Crippen molar-refractivity contribution in [3.8, 4) is 0 Å². The number of aliphatic imine (C=N–C) groups is 1. The maximum Gasteiger partial charge on any atom is 0.193 e. The molecule has 0 aliphatic heterocycles. The van der Waals surface area contributed by atoms with E-state index in [9.17, 15) is 0 Å². The number of guanidine groups is 1. The lowest BCUT2D eigenvalue weighted by atomic mass is 10.1. The van der Waals surface area contributed by atoms with E-state index in [2.05, 4.69) is 50.3 Å². The molecule has 0 amide bonds. The molecule has 0 saturated heterocycles. The van der Waals surface area contributed by atoms with E-state index in [4.69, 9.17) is 4.52 Å². The number of aromatic nitrogens is 2. The van der Waals surface area contributed by atoms with Crippen LogP contribution >= 0.6 is 24.0 Å². The Hall–Kier alpha value is -1.51. The minimum atomic E-state index is 0. The molecule has 0 aliphatic rings. The monoisotopic (exact) mass is 431 g/mol. The SMILES string of the molecule is CN=C(NCCc1c(C)noc1C)N(C)Cc1cccn1C.I. The van der Waals surface area contributed by atoms with Gasteiger partial charge in [-0.1, -0.05) is 5.16 Å². The van der Waals surface area contributed by atoms with Crippen molar-refractivity contribution in [2.75, 3.05) is 20.6 Å². The Morgan fingerprint density at radius 3 is 2.70 bits per heavy atom. The predicted octanol–water partition coefficient (Wildman–Crippen LogP) is 2.50. The van der Waals surface area contributed by atoms with Gasteiger partial charge in [0.2, 0.25) is 0 Å². The minimum Gasteiger partial charge on any atom is -0.361 e. The Kier molecular flexibility index (Phi) is 7.60. The van der Waals surface area contributed by atoms with Crippen molar-refractivity contribution in [2.45, 2.75) is 26.8 Å². The van der Waals surface area contributed by atoms with Crippen LogP contribution in [0, 0.1) is 13.8 Å². The highest BCUT2D eigenvalue weighted by Gasteiger charge is 2.11. The highest BCUT2D eigenvalue weighted by Crippen LogP contribution is 2.12. The second-order valence-electron chi connectivity index (χ2n) is 5.49. The van der Waals surface area contributed by atoms with E-state index in [1.807, 2.05) is 20.9 Å². The van der Waals surface area contributed by atoms with E-state index in [1.165, 1.54) is 11.3 Å². The van der Waals surface area contributed by atoms with Crippen molar-refractivity contribution >= 4 is 29.9 Å². The molecule has 128 valence electrons. The number of rotatable bonds is 5. The molecule has 6 nitrogen and oxygen atoms in total. The zero-order chi connectivity index (χ0) is 16.1. The van der Waals surface area contributed by atoms with Gasteiger partial charge in [-0.05, 0) is 32.4 Å². The minimum absolute atomic E-state index is 0. The summed E-state index contributed by atoms with van der Waals surface area (Å²) in [5, 5.41) is 7.37. The maximum absolute atomic E-state index is 5.19. The first kappa shape index (κ1) is 19.5. The summed E-state index contributed by atoms with van der Waals surface area (Å²) in [6.07, 6.45) is 2.93. The summed E-state index contributed by atoms with van der Waals surface area (Å²) < 4.78 is 7.31. The second-order valence-corrected chi connectivity index (χ2v) is 5.49. The van der Waals surface area contributed by atoms with Crippen molar-refractivity contribution in [2.24, 2.45) is 12.0 Å². The predicted molar refractivity (Wildman–Crippen MR) is 103 cm³/mol. The third-order valence-corrected chi connectivity index (χ3v) is 3.86. The van der Waals surface area contributed by atoms with Crippen LogP contribution in [-0.2, 0) is 20.0 Å². The molecule has 2 heterocycles. The van der Waals surface area contributed by atoms with E-state index < -0.39 is 0 Å². The first-order valence-electron chi connectivity index (χ1n) is 7.46. The molecule has 1 N–H and O–H groups in total. The molecule has 0 aliphatic carbocycles. The Morgan fingerprint density at radius 1 is 1.43 bits per heavy atom. The lowest BCUT2D eigenvalue weighted by Gasteiger charge is -2.22. The van der Waals surface area contributed by atoms with Crippen molar-refractivity contribution in [3.63, 3.8) is 0 Å². The zero-order valence-electron chi connectivity index (χ0n) is 14.5. The van der Waals surface area contributed by atoms with Crippen molar-refractivity contribution < 1.29 is 4.52 Å². The van der Waals surface area contributed by atoms with Crippen LogP contribution in [-0.4, -0.2) is 41.2 Å². The van der Waals surface area contributed by atoms with Gasteiger partial charge in [0, 0.05) is 45.1 Å². The molecule has 23 heavy (non-hydrogen) atoms. The standard InChI is InChI=1S/C16H25N5O.HI/c1-12-15(13(2)22-19-12)8-9-18-16(17-3)21(5)11-14-7-6-10-20(14)4;/h6-7,10H,8-9,11H2,1-5H3,(H,17,18);1H. The van der Waals surface area contributed by atoms with E-state index in [0.717, 1.165) is 36.9 Å². The Bertz CT molecular complexity index is 627. The Labute approximate surface area is 155 Å². The Morgan fingerprint density at radius 2 is 2.17 bits per heavy atom. The average Bonchev–Trinajstić information content (AvgIpc) is 3.03. The summed E-state index contributed by atoms with van der Waals surface area (Å²) >= 11 is 0. The van der Waals surface area contributed by atoms with Crippen LogP contribution in [0.3, 0.4) is 0 Å². The fraction of sp³-hybridized carbons (Fsp3) is 0.500. The molecule has 0 radical (unpaired) electrons. The molecule has 7 heteroatoms. The van der Waals surface area contributed by atoms with Crippen molar-refractivity contribution in [1.82, 2.24) is 19.9 Å². The molecule has 2 aromatic heterocycles. The van der Waals surface area contributed by atoms with Crippen molar-refractivity contribution in [3.05, 3.63) is 41.0 Å². The zero-order valence-corrected chi connectivity index (χ0v) is 16.8. The molecular weight excluding hydrogens is 405 g/mol. The van der Waals surface area contributed by atoms with Gasteiger partial charge in [0.15, 0.2) is 5.96 Å². The fourth-order valence-electron chi connectivity index (χ4n) is 2.52. The third-order valence-electron chi connectivity index (χ3n) is 3.86. The van der Waals surface area contributed by atoms with Crippen LogP contribution in [0.4, 0.5) is 0 Å². The largest absolute Gasteiger partial charge is 0.361 e. The van der Waals surface area contributed by atoms with E-state index in [1.54, 1.807) is 7.05 Å². The van der Waals surface area contributed by atoms with Gasteiger partial charge in [-0.25, -0.2) is 0 Å². The van der Waals surface area contributed by atoms with Crippen LogP contribution in [0.1, 0.15) is 22.7 Å². The van der Waals surface area contributed by atoms with E-state index in [0.29, 0.717) is 0 Å². The molecule has 0 fully saturated rings. The molecule has 0 aromatic carbocycles. The molecule has 2 rings (SSSR count). The summed E-state index contributed by atoms with van der Waals surface area (Å²) in [7, 11) is 5.90. The molecule has 0 unspecified atom stereocenters. The second kappa shape index (κ2) is 8.95. The summed E-state index contributed by atoms with van der Waals surface area (Å²) in [6, 6.07) is 4.17. The number of nitrogens with zero attached hydrogens (tertiary/aromatic N) is 4. The lowest BCUT2D eigenvalue weighted by Crippen LogP contribution is -2.39. The normalized spacial score (nSPS) is 11.3. The molecule has 2 aromatic rings. The van der Waals surface area contributed by atoms with Gasteiger partial charge < -0.3 is 19.3 Å². The Balaban J connectivity index is 0.00000264. The smallest absolute Gasteiger partial charge is 0.193 e. The van der Waals surface area contributed by atoms with Gasteiger partial charge >= 0.3 is 0 Å². The molecule has 0 bridgehead atoms. The van der Waals surface area contributed by atoms with Crippen LogP contribution in [0.5, 0.6) is 0 Å². The summed E-state index contributed by atoms with van der Waals surface area (Å²) in [5.74, 6) is 1.78. The topological polar surface area (TPSA) is 58.6 Å². The molecular formula is C16H26IN5O. The fourth-order valence-corrected chi connectivity index (χ4v) is 2.52. The number of halogens is 1. The first-order valence-corrected chi connectivity index (χ1v) is 7.46. The summed E-state index contributed by atoms with van der Waals surface area (Å²) in [4.78, 5) is 6.46. The van der Waals surface area contributed by atoms with Gasteiger partial charge in [0.1, 0.15) is 5.76 Å². The van der Waals surface area contributed by atoms with Crippen LogP contribution < -0.4 is 5.32 Å². The number of hydrogen-bond donors (Lipinski definition) is 1. The quantitative estimate of drug-likeness (QED) is 0.449. The van der Waals surface area contributed by atoms with Gasteiger partial charge in [-0.3, -0.25) is 4.99 Å².